The topological polar surface area (TPSA) is 109 Å². The third-order valence-electron chi connectivity index (χ3n) is 8.79. The molecule has 0 amide bonds. The van der Waals surface area contributed by atoms with E-state index in [0.29, 0.717) is 29.3 Å². The molecule has 8 rings (SSSR count). The van der Waals surface area contributed by atoms with Gasteiger partial charge in [0.25, 0.3) is 9.05 Å². The van der Waals surface area contributed by atoms with Crippen molar-refractivity contribution in [2.45, 2.75) is 30.1 Å². The molecule has 4 atom stereocenters. The van der Waals surface area contributed by atoms with E-state index in [4.69, 9.17) is 10.7 Å². The van der Waals surface area contributed by atoms with Crippen LogP contribution in [0.25, 0.3) is 0 Å². The van der Waals surface area contributed by atoms with Crippen molar-refractivity contribution in [3.63, 3.8) is 0 Å². The Morgan fingerprint density at radius 3 is 1.69 bits per heavy atom. The van der Waals surface area contributed by atoms with E-state index in [1.807, 2.05) is 42.5 Å². The highest BCUT2D eigenvalue weighted by atomic mass is 35.7. The van der Waals surface area contributed by atoms with E-state index < -0.39 is 19.1 Å². The molecule has 4 heterocycles. The maximum Gasteiger partial charge on any atom is 0.261 e. The molecule has 1 N–H and O–H groups in total. The number of pyridine rings is 2. The third kappa shape index (κ3) is 8.33. The standard InChI is InChI=1S/C18H16N2O2S.C12H12N2.C6H5ClO2S.CH4/c21-23(22,17-7-2-1-3-8-17)20-13-15-12-18(15,14-20)10-9-16-6-4-5-11-19-16;1-2-6-14-11(3-1)4-5-12-7-10(12)8-13-9-12;7-10(8,9)6-4-2-1-3-5-6;/h1-8,11,15H,12-14H2;1-3,6,10,13H,7-9H2;1-5H;1H4. The molecule has 0 spiro atoms. The van der Waals surface area contributed by atoms with Crippen molar-refractivity contribution >= 4 is 29.8 Å². The molecule has 4 fully saturated rings. The number of rotatable bonds is 3. The Hall–Kier alpha value is -4.03. The first-order valence-corrected chi connectivity index (χ1v) is 19.0. The highest BCUT2D eigenvalue weighted by Crippen LogP contribution is 2.58. The van der Waals surface area contributed by atoms with Gasteiger partial charge in [-0.3, -0.25) is 0 Å². The highest BCUT2D eigenvalue weighted by Gasteiger charge is 2.61. The van der Waals surface area contributed by atoms with Crippen LogP contribution in [0.5, 0.6) is 0 Å². The Labute approximate surface area is 288 Å². The lowest BCUT2D eigenvalue weighted by Gasteiger charge is -2.18. The number of benzene rings is 2. The maximum atomic E-state index is 12.7. The molecule has 4 unspecified atom stereocenters. The van der Waals surface area contributed by atoms with Crippen LogP contribution in [-0.2, 0) is 19.1 Å². The smallest absolute Gasteiger partial charge is 0.261 e. The summed E-state index contributed by atoms with van der Waals surface area (Å²) in [4.78, 5) is 8.89. The van der Waals surface area contributed by atoms with Crippen LogP contribution in [-0.4, -0.2) is 57.3 Å². The minimum atomic E-state index is -3.53. The van der Waals surface area contributed by atoms with Gasteiger partial charge in [-0.2, -0.15) is 4.31 Å². The summed E-state index contributed by atoms with van der Waals surface area (Å²) >= 11 is 0. The van der Waals surface area contributed by atoms with E-state index in [-0.39, 0.29) is 17.7 Å². The lowest BCUT2D eigenvalue weighted by atomic mass is 10.1. The molecular weight excluding hydrogens is 664 g/mol. The van der Waals surface area contributed by atoms with Crippen LogP contribution in [0.15, 0.2) is 119 Å². The summed E-state index contributed by atoms with van der Waals surface area (Å²) in [6.45, 7) is 3.26. The van der Waals surface area contributed by atoms with Gasteiger partial charge in [-0.05, 0) is 91.6 Å². The van der Waals surface area contributed by atoms with Crippen LogP contribution in [0.1, 0.15) is 31.7 Å². The second-order valence-corrected chi connectivity index (χ2v) is 16.5. The predicted molar refractivity (Wildman–Crippen MR) is 188 cm³/mol. The minimum absolute atomic E-state index is 0. The van der Waals surface area contributed by atoms with Gasteiger partial charge in [0.2, 0.25) is 10.0 Å². The average Bonchev–Trinajstić information content (AvgIpc) is 3.88. The molecule has 4 aliphatic rings. The van der Waals surface area contributed by atoms with E-state index >= 15 is 0 Å². The minimum Gasteiger partial charge on any atom is -0.315 e. The fourth-order valence-corrected chi connectivity index (χ4v) is 8.29. The van der Waals surface area contributed by atoms with Crippen LogP contribution >= 0.6 is 10.7 Å². The maximum absolute atomic E-state index is 12.7. The molecule has 11 heteroatoms. The number of nitrogens with zero attached hydrogens (tertiary/aromatic N) is 3. The number of hydrogen-bond acceptors (Lipinski definition) is 7. The number of fused-ring (bicyclic) bond motifs is 2. The first-order chi connectivity index (χ1) is 22.6. The Morgan fingerprint density at radius 2 is 1.23 bits per heavy atom. The van der Waals surface area contributed by atoms with Crippen molar-refractivity contribution in [3.8, 4) is 23.7 Å². The van der Waals surface area contributed by atoms with Gasteiger partial charge in [-0.25, -0.2) is 26.8 Å². The number of halogens is 1. The first-order valence-electron chi connectivity index (χ1n) is 15.2. The van der Waals surface area contributed by atoms with Crippen LogP contribution in [0, 0.1) is 46.3 Å². The van der Waals surface area contributed by atoms with Gasteiger partial charge in [0.05, 0.1) is 15.2 Å². The van der Waals surface area contributed by atoms with E-state index in [2.05, 4.69) is 39.0 Å². The summed E-state index contributed by atoms with van der Waals surface area (Å²) in [5.41, 5.74) is 1.74. The molecule has 2 aliphatic carbocycles. The number of piperidine rings is 2. The molecule has 248 valence electrons. The molecule has 4 aromatic rings. The van der Waals surface area contributed by atoms with E-state index in [9.17, 15) is 16.8 Å². The molecule has 2 saturated carbocycles. The molecule has 0 radical (unpaired) electrons. The Bertz CT molecular complexity index is 2050. The highest BCUT2D eigenvalue weighted by molar-refractivity contribution is 8.13. The molecule has 2 aromatic carbocycles. The summed E-state index contributed by atoms with van der Waals surface area (Å²) in [5.74, 6) is 14.1. The molecule has 2 aliphatic heterocycles. The fourth-order valence-electron chi connectivity index (χ4n) is 5.92. The van der Waals surface area contributed by atoms with Gasteiger partial charge in [0.1, 0.15) is 11.4 Å². The van der Waals surface area contributed by atoms with Crippen molar-refractivity contribution in [3.05, 3.63) is 121 Å². The number of sulfonamides is 1. The zero-order valence-corrected chi connectivity index (χ0v) is 27.8. The first kappa shape index (κ1) is 35.3. The van der Waals surface area contributed by atoms with E-state index in [0.717, 1.165) is 36.8 Å². The van der Waals surface area contributed by atoms with Gasteiger partial charge >= 0.3 is 0 Å². The zero-order chi connectivity index (χ0) is 33.0. The fraction of sp³-hybridized carbons (Fsp3) is 0.297. The van der Waals surface area contributed by atoms with Crippen LogP contribution in [0.4, 0.5) is 0 Å². The number of nitrogens with one attached hydrogen (secondary N) is 1. The zero-order valence-electron chi connectivity index (χ0n) is 25.5. The van der Waals surface area contributed by atoms with Gasteiger partial charge in [0, 0.05) is 48.1 Å². The summed E-state index contributed by atoms with van der Waals surface area (Å²) in [5, 5.41) is 3.38. The van der Waals surface area contributed by atoms with Crippen molar-refractivity contribution in [1.82, 2.24) is 19.6 Å². The summed E-state index contributed by atoms with van der Waals surface area (Å²) in [6.07, 6.45) is 5.76. The third-order valence-corrected chi connectivity index (χ3v) is 12.0. The second-order valence-electron chi connectivity index (χ2n) is 12.0. The van der Waals surface area contributed by atoms with Crippen LogP contribution in [0.2, 0.25) is 0 Å². The normalized spacial score (nSPS) is 24.5. The van der Waals surface area contributed by atoms with Crippen molar-refractivity contribution in [1.29, 1.82) is 0 Å². The Balaban J connectivity index is 0.000000154. The monoisotopic (exact) mass is 700 g/mol. The van der Waals surface area contributed by atoms with Gasteiger partial charge in [-0.1, -0.05) is 67.8 Å². The molecule has 0 bridgehead atoms. The predicted octanol–water partition coefficient (Wildman–Crippen LogP) is 5.44. The average molecular weight is 701 g/mol. The van der Waals surface area contributed by atoms with Gasteiger partial charge in [-0.15, -0.1) is 0 Å². The quantitative estimate of drug-likeness (QED) is 0.224. The SMILES string of the molecule is C.C(#CC12CNCC1C2)c1ccccn1.O=S(=O)(Cl)c1ccccc1.O=S(=O)(c1ccccc1)N1CC2CC2(C#Cc2ccccn2)C1. The van der Waals surface area contributed by atoms with Crippen LogP contribution in [0.3, 0.4) is 0 Å². The van der Waals surface area contributed by atoms with Crippen molar-refractivity contribution < 1.29 is 16.8 Å². The summed E-state index contributed by atoms with van der Waals surface area (Å²) < 4.78 is 48.1. The lowest BCUT2D eigenvalue weighted by Crippen LogP contribution is -2.31. The Kier molecular flexibility index (Phi) is 10.7. The second kappa shape index (κ2) is 14.6. The molecule has 2 saturated heterocycles. The van der Waals surface area contributed by atoms with Crippen LogP contribution < -0.4 is 5.32 Å². The molecule has 8 nitrogen and oxygen atoms in total. The molecule has 48 heavy (non-hydrogen) atoms. The largest absolute Gasteiger partial charge is 0.315 e. The number of hydrogen-bond donors (Lipinski definition) is 1. The van der Waals surface area contributed by atoms with E-state index in [1.54, 1.807) is 59.2 Å². The summed E-state index contributed by atoms with van der Waals surface area (Å²) in [6, 6.07) is 28.0. The number of aromatic nitrogens is 2. The molecule has 2 aromatic heterocycles. The van der Waals surface area contributed by atoms with Gasteiger partial charge < -0.3 is 5.32 Å². The van der Waals surface area contributed by atoms with Gasteiger partial charge in [0.15, 0.2) is 0 Å². The van der Waals surface area contributed by atoms with Crippen molar-refractivity contribution in [2.24, 2.45) is 22.7 Å². The lowest BCUT2D eigenvalue weighted by molar-refractivity contribution is 0.430. The van der Waals surface area contributed by atoms with Crippen molar-refractivity contribution in [2.75, 3.05) is 26.2 Å². The summed E-state index contributed by atoms with van der Waals surface area (Å²) in [7, 11) is -1.91. The Morgan fingerprint density at radius 1 is 0.708 bits per heavy atom. The molecular formula is C37H37ClN4O4S2. The van der Waals surface area contributed by atoms with E-state index in [1.165, 1.54) is 18.6 Å².